The summed E-state index contributed by atoms with van der Waals surface area (Å²) in [4.78, 5) is 21.4. The second-order valence-electron chi connectivity index (χ2n) is 4.61. The quantitative estimate of drug-likeness (QED) is 0.707. The largest absolute Gasteiger partial charge is 0.402 e. The van der Waals surface area contributed by atoms with Gasteiger partial charge in [0.2, 0.25) is 12.3 Å². The van der Waals surface area contributed by atoms with Gasteiger partial charge in [-0.05, 0) is 25.5 Å². The van der Waals surface area contributed by atoms with Gasteiger partial charge in [-0.1, -0.05) is 18.7 Å². The molecule has 20 heavy (non-hydrogen) atoms. The van der Waals surface area contributed by atoms with Crippen molar-refractivity contribution in [2.24, 2.45) is 5.73 Å². The van der Waals surface area contributed by atoms with E-state index in [1.54, 1.807) is 19.1 Å². The molecule has 1 atom stereocenters. The van der Waals surface area contributed by atoms with Gasteiger partial charge < -0.3 is 10.3 Å². The molecule has 0 bridgehead atoms. The summed E-state index contributed by atoms with van der Waals surface area (Å²) in [5.74, 6) is -0.308. The van der Waals surface area contributed by atoms with Gasteiger partial charge in [0.05, 0.1) is 5.69 Å². The summed E-state index contributed by atoms with van der Waals surface area (Å²) in [5.41, 5.74) is 7.44. The molecule has 0 spiro atoms. The molecule has 6 nitrogen and oxygen atoms in total. The maximum atomic E-state index is 11.3. The van der Waals surface area contributed by atoms with Crippen LogP contribution in [0.2, 0.25) is 0 Å². The molecule has 2 amide bonds. The maximum Gasteiger partial charge on any atom is 0.226 e. The van der Waals surface area contributed by atoms with E-state index in [9.17, 15) is 9.59 Å². The summed E-state index contributed by atoms with van der Waals surface area (Å²) in [7, 11) is 0. The topological polar surface area (TPSA) is 98.2 Å². The normalized spacial score (nSPS) is 14.1. The van der Waals surface area contributed by atoms with Crippen molar-refractivity contribution in [3.8, 4) is 0 Å². The van der Waals surface area contributed by atoms with Gasteiger partial charge in [0, 0.05) is 23.3 Å². The zero-order valence-corrected chi connectivity index (χ0v) is 11.7. The first kappa shape index (κ1) is 15.7. The third kappa shape index (κ3) is 4.38. The van der Waals surface area contributed by atoms with Crippen molar-refractivity contribution in [3.63, 3.8) is 0 Å². The Morgan fingerprint density at radius 3 is 2.90 bits per heavy atom. The third-order valence-corrected chi connectivity index (χ3v) is 2.83. The number of aromatic nitrogens is 1. The maximum absolute atomic E-state index is 11.3. The highest BCUT2D eigenvalue weighted by atomic mass is 16.5. The minimum absolute atomic E-state index is 0.00406. The highest BCUT2D eigenvalue weighted by Crippen LogP contribution is 2.14. The highest BCUT2D eigenvalue weighted by Gasteiger charge is 2.14. The lowest BCUT2D eigenvalue weighted by atomic mass is 10.00. The summed E-state index contributed by atoms with van der Waals surface area (Å²) in [6, 6.07) is 0. The Morgan fingerprint density at radius 2 is 2.30 bits per heavy atom. The number of rotatable bonds is 6. The molecule has 0 aromatic carbocycles. The minimum Gasteiger partial charge on any atom is -0.402 e. The van der Waals surface area contributed by atoms with E-state index in [0.717, 1.165) is 10.9 Å². The van der Waals surface area contributed by atoms with E-state index in [-0.39, 0.29) is 18.2 Å². The van der Waals surface area contributed by atoms with E-state index in [4.69, 9.17) is 10.3 Å². The summed E-state index contributed by atoms with van der Waals surface area (Å²) in [5, 5.41) is 6.86. The zero-order valence-electron chi connectivity index (χ0n) is 11.7. The van der Waals surface area contributed by atoms with Crippen LogP contribution in [-0.2, 0) is 9.59 Å². The van der Waals surface area contributed by atoms with E-state index in [2.05, 4.69) is 17.1 Å². The van der Waals surface area contributed by atoms with Crippen LogP contribution in [0.4, 0.5) is 0 Å². The summed E-state index contributed by atoms with van der Waals surface area (Å²) >= 11 is 0. The fraction of sp³-hybridized carbons (Fsp3) is 0.357. The standard InChI is InChI=1S/C14H19N3O3/c1-9(4-7-13(19)16-8-18)14-12(6-5-10(2)15)11(3)20-17-14/h5-6,8-9H,3-4,7,15H2,1-2H3,(H,16,18,19)/b10-5+,12-6+. The van der Waals surface area contributed by atoms with Crippen molar-refractivity contribution in [2.75, 3.05) is 0 Å². The Kier molecular flexibility index (Phi) is 5.71. The van der Waals surface area contributed by atoms with Gasteiger partial charge in [-0.15, -0.1) is 0 Å². The Balaban J connectivity index is 2.89. The van der Waals surface area contributed by atoms with Crippen LogP contribution in [0.25, 0.3) is 12.7 Å². The van der Waals surface area contributed by atoms with Gasteiger partial charge in [0.1, 0.15) is 0 Å². The van der Waals surface area contributed by atoms with E-state index in [1.807, 2.05) is 6.92 Å². The molecule has 1 rings (SSSR count). The van der Waals surface area contributed by atoms with Gasteiger partial charge in [-0.25, -0.2) is 0 Å². The summed E-state index contributed by atoms with van der Waals surface area (Å²) in [6.07, 6.45) is 4.72. The molecule has 0 saturated carbocycles. The van der Waals surface area contributed by atoms with Gasteiger partial charge in [-0.2, -0.15) is 0 Å². The average Bonchev–Trinajstić information content (AvgIpc) is 2.75. The Labute approximate surface area is 117 Å². The fourth-order valence-corrected chi connectivity index (χ4v) is 1.72. The molecule has 0 fully saturated rings. The van der Waals surface area contributed by atoms with Crippen LogP contribution >= 0.6 is 0 Å². The second-order valence-corrected chi connectivity index (χ2v) is 4.61. The number of amides is 2. The van der Waals surface area contributed by atoms with Crippen molar-refractivity contribution in [1.82, 2.24) is 10.5 Å². The smallest absolute Gasteiger partial charge is 0.226 e. The number of hydrogen-bond donors (Lipinski definition) is 2. The van der Waals surface area contributed by atoms with Crippen LogP contribution in [0.5, 0.6) is 0 Å². The molecule has 0 aliphatic rings. The molecule has 6 heteroatoms. The zero-order chi connectivity index (χ0) is 15.1. The second kappa shape index (κ2) is 7.28. The molecular formula is C14H19N3O3. The number of carbonyl (C=O) groups is 2. The number of nitrogens with one attached hydrogen (secondary N) is 1. The Bertz CT molecular complexity index is 612. The molecule has 3 N–H and O–H groups in total. The van der Waals surface area contributed by atoms with Gasteiger partial charge >= 0.3 is 0 Å². The molecule has 1 unspecified atom stereocenters. The summed E-state index contributed by atoms with van der Waals surface area (Å²) in [6.45, 7) is 7.48. The summed E-state index contributed by atoms with van der Waals surface area (Å²) < 4.78 is 5.08. The van der Waals surface area contributed by atoms with Crippen LogP contribution in [0, 0.1) is 0 Å². The number of allylic oxidation sites excluding steroid dienone is 2. The lowest BCUT2D eigenvalue weighted by Crippen LogP contribution is -2.24. The van der Waals surface area contributed by atoms with Crippen molar-refractivity contribution < 1.29 is 14.1 Å². The predicted octanol–water partition coefficient (Wildman–Crippen LogP) is -0.116. The number of carbonyl (C=O) groups excluding carboxylic acids is 2. The van der Waals surface area contributed by atoms with Gasteiger partial charge in [0.15, 0.2) is 5.42 Å². The van der Waals surface area contributed by atoms with Crippen LogP contribution in [0.15, 0.2) is 16.3 Å². The number of imide groups is 1. The van der Waals surface area contributed by atoms with Crippen molar-refractivity contribution in [3.05, 3.63) is 28.1 Å². The highest BCUT2D eigenvalue weighted by molar-refractivity contribution is 5.85. The number of nitrogens with zero attached hydrogens (tertiary/aromatic N) is 1. The van der Waals surface area contributed by atoms with E-state index in [0.29, 0.717) is 23.9 Å². The predicted molar refractivity (Wildman–Crippen MR) is 75.5 cm³/mol. The van der Waals surface area contributed by atoms with E-state index < -0.39 is 0 Å². The molecular weight excluding hydrogens is 258 g/mol. The molecule has 1 aromatic rings. The molecule has 0 aliphatic carbocycles. The lowest BCUT2D eigenvalue weighted by molar-refractivity contribution is -0.125. The van der Waals surface area contributed by atoms with Gasteiger partial charge in [0.25, 0.3) is 0 Å². The first-order chi connectivity index (χ1) is 9.45. The Hall–Kier alpha value is -2.37. The average molecular weight is 277 g/mol. The SMILES string of the molecule is C=c1onc(C(C)CCC(=O)NC=O)/c1=C/C=C(\C)N. The molecule has 0 aliphatic heterocycles. The fourth-order valence-electron chi connectivity index (χ4n) is 1.72. The molecule has 1 aromatic heterocycles. The van der Waals surface area contributed by atoms with Crippen LogP contribution in [-0.4, -0.2) is 17.5 Å². The van der Waals surface area contributed by atoms with Crippen LogP contribution in [0.3, 0.4) is 0 Å². The molecule has 1 heterocycles. The van der Waals surface area contributed by atoms with Crippen LogP contribution < -0.4 is 21.7 Å². The van der Waals surface area contributed by atoms with E-state index in [1.165, 1.54) is 0 Å². The monoisotopic (exact) mass is 277 g/mol. The van der Waals surface area contributed by atoms with Crippen molar-refractivity contribution in [2.45, 2.75) is 32.6 Å². The first-order valence-corrected chi connectivity index (χ1v) is 6.27. The first-order valence-electron chi connectivity index (χ1n) is 6.27. The molecule has 0 radical (unpaired) electrons. The van der Waals surface area contributed by atoms with Gasteiger partial charge in [-0.3, -0.25) is 14.9 Å². The van der Waals surface area contributed by atoms with Crippen LogP contribution in [0.1, 0.15) is 38.3 Å². The van der Waals surface area contributed by atoms with Crippen molar-refractivity contribution in [1.29, 1.82) is 0 Å². The molecule has 0 saturated heterocycles. The third-order valence-electron chi connectivity index (χ3n) is 2.83. The number of nitrogens with two attached hydrogens (primary N) is 1. The minimum atomic E-state index is -0.312. The van der Waals surface area contributed by atoms with Crippen molar-refractivity contribution >= 4 is 25.0 Å². The Morgan fingerprint density at radius 1 is 1.60 bits per heavy atom. The lowest BCUT2D eigenvalue weighted by Gasteiger charge is -2.06. The van der Waals surface area contributed by atoms with E-state index >= 15 is 0 Å². The number of hydrogen-bond acceptors (Lipinski definition) is 5. The molecule has 108 valence electrons.